The number of carbonyl (C=O) groups is 2. The topological polar surface area (TPSA) is 82.8 Å². The van der Waals surface area contributed by atoms with E-state index in [-0.39, 0.29) is 23.6 Å². The van der Waals surface area contributed by atoms with Gasteiger partial charge in [-0.25, -0.2) is 4.79 Å². The van der Waals surface area contributed by atoms with E-state index in [2.05, 4.69) is 10.2 Å². The molecule has 6 heteroatoms. The highest BCUT2D eigenvalue weighted by molar-refractivity contribution is 5.86. The summed E-state index contributed by atoms with van der Waals surface area (Å²) < 4.78 is 5.41. The van der Waals surface area contributed by atoms with E-state index in [0.717, 1.165) is 19.4 Å². The Bertz CT molecular complexity index is 551. The largest absolute Gasteiger partial charge is 0.475 e. The molecule has 0 aromatic carbocycles. The number of likely N-dealkylation sites (tertiary alicyclic amines) is 1. The zero-order chi connectivity index (χ0) is 14.3. The molecule has 0 spiro atoms. The lowest BCUT2D eigenvalue weighted by Crippen LogP contribution is -2.44. The number of hydrogen-bond donors (Lipinski definition) is 2. The van der Waals surface area contributed by atoms with Gasteiger partial charge in [0.25, 0.3) is 0 Å². The number of nitrogens with one attached hydrogen (secondary N) is 1. The SMILES string of the molecule is Cc1cc(CN2CCCC3C(=O)NCC32)oc1C(=O)O. The van der Waals surface area contributed by atoms with Gasteiger partial charge < -0.3 is 14.8 Å². The fraction of sp³-hybridized carbons (Fsp3) is 0.571. The summed E-state index contributed by atoms with van der Waals surface area (Å²) in [5, 5.41) is 11.9. The van der Waals surface area contributed by atoms with Crippen LogP contribution in [0.15, 0.2) is 10.5 Å². The van der Waals surface area contributed by atoms with Gasteiger partial charge in [0, 0.05) is 18.2 Å². The molecule has 0 radical (unpaired) electrons. The summed E-state index contributed by atoms with van der Waals surface area (Å²) in [6.45, 7) is 3.88. The Morgan fingerprint density at radius 1 is 1.60 bits per heavy atom. The van der Waals surface area contributed by atoms with Crippen LogP contribution in [0.2, 0.25) is 0 Å². The molecule has 6 nitrogen and oxygen atoms in total. The van der Waals surface area contributed by atoms with Crippen LogP contribution in [0.4, 0.5) is 0 Å². The van der Waals surface area contributed by atoms with E-state index in [1.807, 2.05) is 0 Å². The van der Waals surface area contributed by atoms with Crippen molar-refractivity contribution in [2.75, 3.05) is 13.1 Å². The molecule has 2 atom stereocenters. The zero-order valence-corrected chi connectivity index (χ0v) is 11.4. The lowest BCUT2D eigenvalue weighted by Gasteiger charge is -2.35. The Morgan fingerprint density at radius 2 is 2.40 bits per heavy atom. The Balaban J connectivity index is 1.75. The second-order valence-corrected chi connectivity index (χ2v) is 5.56. The highest BCUT2D eigenvalue weighted by atomic mass is 16.4. The van der Waals surface area contributed by atoms with Crippen molar-refractivity contribution in [1.29, 1.82) is 0 Å². The number of carboxylic acids is 1. The maximum Gasteiger partial charge on any atom is 0.372 e. The predicted molar refractivity (Wildman–Crippen MR) is 70.3 cm³/mol. The molecule has 0 bridgehead atoms. The Labute approximate surface area is 116 Å². The second-order valence-electron chi connectivity index (χ2n) is 5.56. The van der Waals surface area contributed by atoms with E-state index in [1.54, 1.807) is 13.0 Å². The van der Waals surface area contributed by atoms with Crippen LogP contribution in [-0.4, -0.2) is 41.0 Å². The van der Waals surface area contributed by atoms with Crippen LogP contribution >= 0.6 is 0 Å². The van der Waals surface area contributed by atoms with Gasteiger partial charge in [-0.1, -0.05) is 0 Å². The van der Waals surface area contributed by atoms with Crippen LogP contribution in [0.3, 0.4) is 0 Å². The fourth-order valence-corrected chi connectivity index (χ4v) is 3.28. The van der Waals surface area contributed by atoms with E-state index < -0.39 is 5.97 Å². The molecule has 108 valence electrons. The summed E-state index contributed by atoms with van der Waals surface area (Å²) in [5.74, 6) is -0.169. The summed E-state index contributed by atoms with van der Waals surface area (Å²) in [7, 11) is 0. The molecule has 2 fully saturated rings. The standard InChI is InChI=1S/C14H18N2O4/c1-8-5-9(20-12(8)14(18)19)7-16-4-2-3-10-11(16)6-15-13(10)17/h5,10-11H,2-4,6-7H2,1H3,(H,15,17)(H,18,19). The Hall–Kier alpha value is -1.82. The molecule has 0 saturated carbocycles. The zero-order valence-electron chi connectivity index (χ0n) is 11.4. The lowest BCUT2D eigenvalue weighted by atomic mass is 9.91. The van der Waals surface area contributed by atoms with E-state index in [0.29, 0.717) is 24.4 Å². The minimum absolute atomic E-state index is 0.00850. The number of aromatic carboxylic acids is 1. The summed E-state index contributed by atoms with van der Waals surface area (Å²) in [6, 6.07) is 1.98. The minimum Gasteiger partial charge on any atom is -0.475 e. The molecular weight excluding hydrogens is 260 g/mol. The van der Waals surface area contributed by atoms with Gasteiger partial charge in [0.15, 0.2) is 0 Å². The van der Waals surface area contributed by atoms with Gasteiger partial charge in [0.2, 0.25) is 11.7 Å². The number of aryl methyl sites for hydroxylation is 1. The first-order chi connectivity index (χ1) is 9.56. The Morgan fingerprint density at radius 3 is 3.10 bits per heavy atom. The highest BCUT2D eigenvalue weighted by Gasteiger charge is 2.40. The maximum atomic E-state index is 11.7. The first kappa shape index (κ1) is 13.2. The van der Waals surface area contributed by atoms with Gasteiger partial charge in [0.05, 0.1) is 12.5 Å². The van der Waals surface area contributed by atoms with Gasteiger partial charge in [-0.2, -0.15) is 0 Å². The van der Waals surface area contributed by atoms with Gasteiger partial charge in [-0.05, 0) is 32.4 Å². The number of hydrogen-bond acceptors (Lipinski definition) is 4. The van der Waals surface area contributed by atoms with Crippen LogP contribution < -0.4 is 5.32 Å². The van der Waals surface area contributed by atoms with Crippen molar-refractivity contribution in [1.82, 2.24) is 10.2 Å². The third kappa shape index (κ3) is 2.20. The molecule has 2 saturated heterocycles. The Kier molecular flexibility index (Phi) is 3.25. The molecule has 0 aliphatic carbocycles. The molecule has 2 aliphatic heterocycles. The monoisotopic (exact) mass is 278 g/mol. The van der Waals surface area contributed by atoms with Crippen molar-refractivity contribution in [2.24, 2.45) is 5.92 Å². The van der Waals surface area contributed by atoms with E-state index >= 15 is 0 Å². The molecule has 1 aromatic rings. The average Bonchev–Trinajstić information content (AvgIpc) is 2.95. The smallest absolute Gasteiger partial charge is 0.372 e. The van der Waals surface area contributed by atoms with Crippen molar-refractivity contribution in [3.8, 4) is 0 Å². The number of rotatable bonds is 3. The quantitative estimate of drug-likeness (QED) is 0.861. The molecule has 2 unspecified atom stereocenters. The molecule has 2 aliphatic rings. The van der Waals surface area contributed by atoms with Crippen LogP contribution in [-0.2, 0) is 11.3 Å². The van der Waals surface area contributed by atoms with E-state index in [1.165, 1.54) is 0 Å². The first-order valence-corrected chi connectivity index (χ1v) is 6.90. The molecule has 1 amide bonds. The number of amides is 1. The molecule has 20 heavy (non-hydrogen) atoms. The van der Waals surface area contributed by atoms with Crippen LogP contribution in [0.25, 0.3) is 0 Å². The lowest BCUT2D eigenvalue weighted by molar-refractivity contribution is -0.124. The average molecular weight is 278 g/mol. The van der Waals surface area contributed by atoms with Crippen molar-refractivity contribution < 1.29 is 19.1 Å². The normalized spacial score (nSPS) is 26.4. The van der Waals surface area contributed by atoms with Gasteiger partial charge in [-0.3, -0.25) is 9.69 Å². The summed E-state index contributed by atoms with van der Waals surface area (Å²) in [5.41, 5.74) is 0.640. The highest BCUT2D eigenvalue weighted by Crippen LogP contribution is 2.29. The van der Waals surface area contributed by atoms with Gasteiger partial charge in [0.1, 0.15) is 5.76 Å². The molecular formula is C14H18N2O4. The number of carbonyl (C=O) groups excluding carboxylic acids is 1. The second kappa shape index (κ2) is 4.94. The number of furan rings is 1. The third-order valence-electron chi connectivity index (χ3n) is 4.24. The van der Waals surface area contributed by atoms with E-state index in [9.17, 15) is 9.59 Å². The number of fused-ring (bicyclic) bond motifs is 1. The minimum atomic E-state index is -1.04. The van der Waals surface area contributed by atoms with Crippen molar-refractivity contribution in [3.63, 3.8) is 0 Å². The molecule has 2 N–H and O–H groups in total. The first-order valence-electron chi connectivity index (χ1n) is 6.90. The summed E-state index contributed by atoms with van der Waals surface area (Å²) in [4.78, 5) is 24.9. The van der Waals surface area contributed by atoms with Gasteiger partial charge in [-0.15, -0.1) is 0 Å². The third-order valence-corrected chi connectivity index (χ3v) is 4.24. The predicted octanol–water partition coefficient (Wildman–Crippen LogP) is 0.997. The number of carboxylic acid groups (broad SMARTS) is 1. The number of piperidine rings is 1. The van der Waals surface area contributed by atoms with Crippen LogP contribution in [0.5, 0.6) is 0 Å². The van der Waals surface area contributed by atoms with Crippen LogP contribution in [0.1, 0.15) is 34.7 Å². The van der Waals surface area contributed by atoms with Crippen molar-refractivity contribution in [2.45, 2.75) is 32.4 Å². The van der Waals surface area contributed by atoms with Crippen LogP contribution in [0, 0.1) is 12.8 Å². The fourth-order valence-electron chi connectivity index (χ4n) is 3.28. The molecule has 1 aromatic heterocycles. The van der Waals surface area contributed by atoms with Gasteiger partial charge >= 0.3 is 5.97 Å². The van der Waals surface area contributed by atoms with E-state index in [4.69, 9.17) is 9.52 Å². The maximum absolute atomic E-state index is 11.7. The van der Waals surface area contributed by atoms with Crippen molar-refractivity contribution >= 4 is 11.9 Å². The summed E-state index contributed by atoms with van der Waals surface area (Å²) >= 11 is 0. The molecule has 3 heterocycles. The molecule has 3 rings (SSSR count). The number of nitrogens with zero attached hydrogens (tertiary/aromatic N) is 1. The van der Waals surface area contributed by atoms with Crippen molar-refractivity contribution in [3.05, 3.63) is 23.2 Å². The summed E-state index contributed by atoms with van der Waals surface area (Å²) in [6.07, 6.45) is 1.92.